The minimum Gasteiger partial charge on any atom is -0.460 e. The molecule has 3 aromatic heterocycles. The van der Waals surface area contributed by atoms with Gasteiger partial charge in [0.1, 0.15) is 22.8 Å². The molecule has 0 radical (unpaired) electrons. The second kappa shape index (κ2) is 6.95. The number of hydrogen-bond donors (Lipinski definition) is 2. The van der Waals surface area contributed by atoms with Crippen LogP contribution in [0.15, 0.2) is 34.9 Å². The molecule has 1 saturated carbocycles. The van der Waals surface area contributed by atoms with Crippen LogP contribution >= 0.6 is 12.8 Å². The van der Waals surface area contributed by atoms with E-state index in [-0.39, 0.29) is 12.1 Å². The van der Waals surface area contributed by atoms with Gasteiger partial charge >= 0.3 is 6.03 Å². The van der Waals surface area contributed by atoms with E-state index < -0.39 is 0 Å². The number of anilines is 1. The van der Waals surface area contributed by atoms with Gasteiger partial charge in [0.05, 0.1) is 6.20 Å². The first-order chi connectivity index (χ1) is 12.6. The number of carbonyl (C=O) groups is 1. The van der Waals surface area contributed by atoms with E-state index in [4.69, 9.17) is 4.42 Å². The van der Waals surface area contributed by atoms with E-state index in [0.717, 1.165) is 31.4 Å². The molecule has 0 spiro atoms. The van der Waals surface area contributed by atoms with Gasteiger partial charge in [0.25, 0.3) is 0 Å². The summed E-state index contributed by atoms with van der Waals surface area (Å²) in [6, 6.07) is 7.10. The number of urea groups is 1. The van der Waals surface area contributed by atoms with Crippen molar-refractivity contribution in [3.8, 4) is 11.5 Å². The normalized spacial score (nSPS) is 14.7. The number of furan rings is 1. The zero-order valence-electron chi connectivity index (χ0n) is 14.3. The Bertz CT molecular complexity index is 952. The molecule has 0 bridgehead atoms. The molecule has 7 nitrogen and oxygen atoms in total. The Hall–Kier alpha value is -2.61. The zero-order chi connectivity index (χ0) is 18.1. The van der Waals surface area contributed by atoms with Crippen molar-refractivity contribution in [1.82, 2.24) is 19.3 Å². The van der Waals surface area contributed by atoms with Crippen molar-refractivity contribution in [2.75, 3.05) is 5.32 Å². The molecule has 26 heavy (non-hydrogen) atoms. The third kappa shape index (κ3) is 3.37. The van der Waals surface area contributed by atoms with E-state index in [1.807, 2.05) is 19.1 Å². The maximum Gasteiger partial charge on any atom is 0.333 e. The maximum atomic E-state index is 12.4. The first-order valence-electron chi connectivity index (χ1n) is 8.60. The summed E-state index contributed by atoms with van der Waals surface area (Å²) in [4.78, 5) is 25.6. The molecule has 1 aliphatic rings. The molecule has 0 aromatic carbocycles. The van der Waals surface area contributed by atoms with Gasteiger partial charge in [-0.05, 0) is 44.0 Å². The van der Waals surface area contributed by atoms with E-state index in [0.29, 0.717) is 28.4 Å². The molecular weight excluding hydrogens is 350 g/mol. The average Bonchev–Trinajstić information content (AvgIpc) is 3.32. The van der Waals surface area contributed by atoms with Gasteiger partial charge in [-0.1, -0.05) is 25.7 Å². The lowest BCUT2D eigenvalue weighted by molar-refractivity contribution is 0.230. The molecule has 3 heterocycles. The standard InChI is InChI=1S/C18H19N5O2S/c1-11-6-8-15(25-11)14-10-19-13-7-9-16(21-17(13)20-14)22-18(24)23(26)12-4-2-3-5-12/h6-10,12,26H,2-5H2,1H3,(H,20,21,22,24). The Morgan fingerprint density at radius 3 is 2.77 bits per heavy atom. The summed E-state index contributed by atoms with van der Waals surface area (Å²) in [6.45, 7) is 1.87. The Labute approximate surface area is 156 Å². The molecule has 0 unspecified atom stereocenters. The average molecular weight is 369 g/mol. The van der Waals surface area contributed by atoms with E-state index >= 15 is 0 Å². The van der Waals surface area contributed by atoms with E-state index in [2.05, 4.69) is 33.1 Å². The summed E-state index contributed by atoms with van der Waals surface area (Å²) in [7, 11) is 0. The number of nitrogens with one attached hydrogen (secondary N) is 1. The lowest BCUT2D eigenvalue weighted by atomic mass is 10.2. The predicted molar refractivity (Wildman–Crippen MR) is 102 cm³/mol. The molecule has 4 rings (SSSR count). The summed E-state index contributed by atoms with van der Waals surface area (Å²) in [5, 5.41) is 2.78. The van der Waals surface area contributed by atoms with Crippen molar-refractivity contribution >= 4 is 35.8 Å². The largest absolute Gasteiger partial charge is 0.460 e. The summed E-state index contributed by atoms with van der Waals surface area (Å²) in [5.41, 5.74) is 1.69. The van der Waals surface area contributed by atoms with Crippen LogP contribution in [-0.2, 0) is 0 Å². The van der Waals surface area contributed by atoms with Gasteiger partial charge in [0, 0.05) is 6.04 Å². The van der Waals surface area contributed by atoms with Gasteiger partial charge in [0.2, 0.25) is 0 Å². The molecule has 0 aliphatic heterocycles. The molecule has 8 heteroatoms. The topological polar surface area (TPSA) is 84.2 Å². The van der Waals surface area contributed by atoms with Gasteiger partial charge in [-0.15, -0.1) is 0 Å². The van der Waals surface area contributed by atoms with Crippen molar-refractivity contribution in [2.24, 2.45) is 0 Å². The number of pyridine rings is 1. The van der Waals surface area contributed by atoms with Crippen LogP contribution in [0.4, 0.5) is 10.6 Å². The van der Waals surface area contributed by atoms with Gasteiger partial charge < -0.3 is 4.42 Å². The third-order valence-corrected chi connectivity index (χ3v) is 5.02. The van der Waals surface area contributed by atoms with Crippen LogP contribution in [0.3, 0.4) is 0 Å². The second-order valence-corrected chi connectivity index (χ2v) is 6.85. The Kier molecular flexibility index (Phi) is 4.50. The smallest absolute Gasteiger partial charge is 0.333 e. The zero-order valence-corrected chi connectivity index (χ0v) is 15.2. The van der Waals surface area contributed by atoms with E-state index in [1.165, 1.54) is 4.31 Å². The van der Waals surface area contributed by atoms with Crippen LogP contribution in [0, 0.1) is 6.92 Å². The molecule has 0 saturated heterocycles. The lowest BCUT2D eigenvalue weighted by Gasteiger charge is -2.22. The van der Waals surface area contributed by atoms with Crippen LogP contribution < -0.4 is 5.32 Å². The molecule has 134 valence electrons. The number of nitrogens with zero attached hydrogens (tertiary/aromatic N) is 4. The van der Waals surface area contributed by atoms with Crippen LogP contribution in [-0.4, -0.2) is 31.3 Å². The predicted octanol–water partition coefficient (Wildman–Crippen LogP) is 4.21. The van der Waals surface area contributed by atoms with Gasteiger partial charge in [-0.25, -0.2) is 14.8 Å². The van der Waals surface area contributed by atoms with Crippen LogP contribution in [0.5, 0.6) is 0 Å². The highest BCUT2D eigenvalue weighted by molar-refractivity contribution is 7.78. The number of fused-ring (bicyclic) bond motifs is 1. The van der Waals surface area contributed by atoms with E-state index in [9.17, 15) is 4.79 Å². The quantitative estimate of drug-likeness (QED) is 0.676. The molecule has 1 N–H and O–H groups in total. The molecule has 2 amide bonds. The van der Waals surface area contributed by atoms with E-state index in [1.54, 1.807) is 18.3 Å². The van der Waals surface area contributed by atoms with Crippen LogP contribution in [0.1, 0.15) is 31.4 Å². The van der Waals surface area contributed by atoms with Gasteiger partial charge in [0.15, 0.2) is 11.4 Å². The molecule has 0 atom stereocenters. The SMILES string of the molecule is Cc1ccc(-c2cnc3ccc(NC(=O)N(S)C4CCCC4)nc3n2)o1. The van der Waals surface area contributed by atoms with Crippen molar-refractivity contribution in [1.29, 1.82) is 0 Å². The number of aromatic nitrogens is 3. The summed E-state index contributed by atoms with van der Waals surface area (Å²) in [6.07, 6.45) is 5.89. The molecular formula is C18H19N5O2S. The van der Waals surface area contributed by atoms with Crippen LogP contribution in [0.2, 0.25) is 0 Å². The fourth-order valence-electron chi connectivity index (χ4n) is 3.14. The Morgan fingerprint density at radius 2 is 2.04 bits per heavy atom. The molecule has 1 fully saturated rings. The van der Waals surface area contributed by atoms with Gasteiger partial charge in [-0.3, -0.25) is 14.6 Å². The number of aryl methyl sites for hydroxylation is 1. The fourth-order valence-corrected chi connectivity index (χ4v) is 3.42. The monoisotopic (exact) mass is 369 g/mol. The highest BCUT2D eigenvalue weighted by atomic mass is 32.1. The fraction of sp³-hybridized carbons (Fsp3) is 0.333. The first-order valence-corrected chi connectivity index (χ1v) is 9.00. The minimum absolute atomic E-state index is 0.173. The number of thiol groups is 1. The highest BCUT2D eigenvalue weighted by Crippen LogP contribution is 2.25. The summed E-state index contributed by atoms with van der Waals surface area (Å²) >= 11 is 4.34. The number of amides is 2. The minimum atomic E-state index is -0.280. The summed E-state index contributed by atoms with van der Waals surface area (Å²) in [5.74, 6) is 1.86. The number of rotatable bonds is 3. The summed E-state index contributed by atoms with van der Waals surface area (Å²) < 4.78 is 7.05. The highest BCUT2D eigenvalue weighted by Gasteiger charge is 2.24. The Balaban J connectivity index is 1.57. The second-order valence-electron chi connectivity index (χ2n) is 6.42. The van der Waals surface area contributed by atoms with Crippen molar-refractivity contribution < 1.29 is 9.21 Å². The first kappa shape index (κ1) is 16.8. The maximum absolute atomic E-state index is 12.4. The molecule has 3 aromatic rings. The van der Waals surface area contributed by atoms with Crippen molar-refractivity contribution in [3.05, 3.63) is 36.2 Å². The molecule has 1 aliphatic carbocycles. The number of carbonyl (C=O) groups excluding carboxylic acids is 1. The lowest BCUT2D eigenvalue weighted by Crippen LogP contribution is -2.34. The number of hydrogen-bond acceptors (Lipinski definition) is 6. The third-order valence-electron chi connectivity index (χ3n) is 4.51. The van der Waals surface area contributed by atoms with Crippen molar-refractivity contribution in [3.63, 3.8) is 0 Å². The Morgan fingerprint density at radius 1 is 1.23 bits per heavy atom. The van der Waals surface area contributed by atoms with Gasteiger partial charge in [-0.2, -0.15) is 0 Å². The van der Waals surface area contributed by atoms with Crippen LogP contribution in [0.25, 0.3) is 22.6 Å². The van der Waals surface area contributed by atoms with Crippen molar-refractivity contribution in [2.45, 2.75) is 38.6 Å².